The lowest BCUT2D eigenvalue weighted by molar-refractivity contribution is 0.101. The van der Waals surface area contributed by atoms with Gasteiger partial charge in [-0.05, 0) is 43.3 Å². The average Bonchev–Trinajstić information content (AvgIpc) is 3.15. The van der Waals surface area contributed by atoms with Crippen molar-refractivity contribution in [2.75, 3.05) is 10.6 Å². The van der Waals surface area contributed by atoms with E-state index in [0.717, 1.165) is 5.56 Å². The van der Waals surface area contributed by atoms with Crippen molar-refractivity contribution in [1.29, 1.82) is 0 Å². The Hall–Kier alpha value is -4.33. The number of rotatable bonds is 5. The van der Waals surface area contributed by atoms with E-state index in [1.807, 2.05) is 12.1 Å². The van der Waals surface area contributed by atoms with Crippen molar-refractivity contribution < 1.29 is 14.0 Å². The number of carbonyl (C=O) groups excluding carboxylic acids is 2. The van der Waals surface area contributed by atoms with Crippen molar-refractivity contribution in [2.24, 2.45) is 7.05 Å². The van der Waals surface area contributed by atoms with Gasteiger partial charge in [-0.3, -0.25) is 19.3 Å². The maximum atomic E-state index is 13.9. The van der Waals surface area contributed by atoms with Crippen LogP contribution >= 0.6 is 0 Å². The molecule has 32 heavy (non-hydrogen) atoms. The predicted octanol–water partition coefficient (Wildman–Crippen LogP) is 4.43. The SMILES string of the molecule is Cc1ncccc1C(=O)Nc1ccc(-c2cc(NC(=O)c3ccccc3F)n(C)n2)cc1. The monoisotopic (exact) mass is 429 g/mol. The Morgan fingerprint density at radius 2 is 1.59 bits per heavy atom. The minimum atomic E-state index is -0.591. The molecule has 0 spiro atoms. The summed E-state index contributed by atoms with van der Waals surface area (Å²) in [5, 5.41) is 9.94. The van der Waals surface area contributed by atoms with E-state index in [1.165, 1.54) is 22.9 Å². The Labute approximate surface area is 183 Å². The normalized spacial score (nSPS) is 10.6. The first-order valence-corrected chi connectivity index (χ1v) is 9.85. The molecule has 0 bridgehead atoms. The first kappa shape index (κ1) is 20.9. The summed E-state index contributed by atoms with van der Waals surface area (Å²) < 4.78 is 15.4. The lowest BCUT2D eigenvalue weighted by atomic mass is 10.1. The van der Waals surface area contributed by atoms with E-state index in [2.05, 4.69) is 20.7 Å². The fourth-order valence-electron chi connectivity index (χ4n) is 3.20. The van der Waals surface area contributed by atoms with E-state index in [1.54, 1.807) is 56.6 Å². The van der Waals surface area contributed by atoms with Crippen molar-refractivity contribution in [1.82, 2.24) is 14.8 Å². The minimum Gasteiger partial charge on any atom is -0.322 e. The molecule has 2 heterocycles. The molecule has 2 aromatic carbocycles. The third-order valence-electron chi connectivity index (χ3n) is 4.93. The van der Waals surface area contributed by atoms with E-state index in [9.17, 15) is 14.0 Å². The first-order valence-electron chi connectivity index (χ1n) is 9.85. The number of carbonyl (C=O) groups is 2. The summed E-state index contributed by atoms with van der Waals surface area (Å²) in [4.78, 5) is 29.0. The van der Waals surface area contributed by atoms with E-state index >= 15 is 0 Å². The average molecular weight is 429 g/mol. The zero-order chi connectivity index (χ0) is 22.7. The van der Waals surface area contributed by atoms with Crippen LogP contribution in [0.2, 0.25) is 0 Å². The summed E-state index contributed by atoms with van der Waals surface area (Å²) in [5.74, 6) is -0.954. The number of aryl methyl sites for hydroxylation is 2. The lowest BCUT2D eigenvalue weighted by Gasteiger charge is -2.07. The molecule has 0 aliphatic carbocycles. The van der Waals surface area contributed by atoms with E-state index < -0.39 is 11.7 Å². The highest BCUT2D eigenvalue weighted by molar-refractivity contribution is 6.05. The van der Waals surface area contributed by atoms with E-state index in [-0.39, 0.29) is 11.5 Å². The topological polar surface area (TPSA) is 88.9 Å². The molecule has 4 aromatic rings. The van der Waals surface area contributed by atoms with Crippen molar-refractivity contribution in [3.05, 3.63) is 95.6 Å². The molecule has 8 heteroatoms. The molecule has 0 saturated carbocycles. The molecule has 2 amide bonds. The number of benzene rings is 2. The number of halogens is 1. The quantitative estimate of drug-likeness (QED) is 0.491. The minimum absolute atomic E-state index is 0.0424. The van der Waals surface area contributed by atoms with Gasteiger partial charge >= 0.3 is 0 Å². The van der Waals surface area contributed by atoms with Crippen LogP contribution < -0.4 is 10.6 Å². The Kier molecular flexibility index (Phi) is 5.76. The van der Waals surface area contributed by atoms with Gasteiger partial charge in [0.05, 0.1) is 16.8 Å². The van der Waals surface area contributed by atoms with Gasteiger partial charge in [-0.15, -0.1) is 0 Å². The predicted molar refractivity (Wildman–Crippen MR) is 120 cm³/mol. The van der Waals surface area contributed by atoms with E-state index in [4.69, 9.17) is 0 Å². The lowest BCUT2D eigenvalue weighted by Crippen LogP contribution is -2.15. The van der Waals surface area contributed by atoms with Gasteiger partial charge in [0.25, 0.3) is 11.8 Å². The van der Waals surface area contributed by atoms with Gasteiger partial charge in [0, 0.05) is 36.3 Å². The second kappa shape index (κ2) is 8.81. The Balaban J connectivity index is 1.48. The fourth-order valence-corrected chi connectivity index (χ4v) is 3.20. The molecule has 0 atom stereocenters. The number of anilines is 2. The second-order valence-electron chi connectivity index (χ2n) is 7.14. The second-order valence-corrected chi connectivity index (χ2v) is 7.14. The van der Waals surface area contributed by atoms with Crippen molar-refractivity contribution in [3.63, 3.8) is 0 Å². The zero-order valence-corrected chi connectivity index (χ0v) is 17.5. The molecule has 160 valence electrons. The molecule has 0 aliphatic heterocycles. The molecule has 0 saturated heterocycles. The molecule has 2 N–H and O–H groups in total. The van der Waals surface area contributed by atoms with Gasteiger partial charge < -0.3 is 10.6 Å². The van der Waals surface area contributed by atoms with Crippen LogP contribution in [0.5, 0.6) is 0 Å². The molecule has 7 nitrogen and oxygen atoms in total. The number of hydrogen-bond donors (Lipinski definition) is 2. The zero-order valence-electron chi connectivity index (χ0n) is 17.5. The first-order chi connectivity index (χ1) is 15.4. The van der Waals surface area contributed by atoms with Crippen LogP contribution in [-0.4, -0.2) is 26.6 Å². The Morgan fingerprint density at radius 3 is 2.31 bits per heavy atom. The summed E-state index contributed by atoms with van der Waals surface area (Å²) in [7, 11) is 1.69. The molecule has 4 rings (SSSR count). The van der Waals surface area contributed by atoms with Gasteiger partial charge in [-0.1, -0.05) is 24.3 Å². The van der Waals surface area contributed by atoms with Gasteiger partial charge in [0.2, 0.25) is 0 Å². The van der Waals surface area contributed by atoms with E-state index in [0.29, 0.717) is 28.5 Å². The van der Waals surface area contributed by atoms with Crippen LogP contribution in [0.3, 0.4) is 0 Å². The highest BCUT2D eigenvalue weighted by Gasteiger charge is 2.15. The largest absolute Gasteiger partial charge is 0.322 e. The van der Waals surface area contributed by atoms with Crippen molar-refractivity contribution in [2.45, 2.75) is 6.92 Å². The summed E-state index contributed by atoms with van der Waals surface area (Å²) >= 11 is 0. The molecule has 0 radical (unpaired) electrons. The van der Waals surface area contributed by atoms with Crippen LogP contribution in [0.1, 0.15) is 26.4 Å². The fraction of sp³-hybridized carbons (Fsp3) is 0.0833. The highest BCUT2D eigenvalue weighted by Crippen LogP contribution is 2.24. The maximum Gasteiger partial charge on any atom is 0.259 e. The highest BCUT2D eigenvalue weighted by atomic mass is 19.1. The molecular weight excluding hydrogens is 409 g/mol. The van der Waals surface area contributed by atoms with Crippen molar-refractivity contribution >= 4 is 23.3 Å². The number of nitrogens with one attached hydrogen (secondary N) is 2. The number of nitrogens with zero attached hydrogens (tertiary/aromatic N) is 3. The van der Waals surface area contributed by atoms with Gasteiger partial charge in [0.15, 0.2) is 0 Å². The van der Waals surface area contributed by atoms with Crippen LogP contribution in [-0.2, 0) is 7.05 Å². The Morgan fingerprint density at radius 1 is 0.906 bits per heavy atom. The van der Waals surface area contributed by atoms with Crippen LogP contribution in [0.25, 0.3) is 11.3 Å². The molecule has 0 unspecified atom stereocenters. The molecule has 0 fully saturated rings. The smallest absolute Gasteiger partial charge is 0.259 e. The van der Waals surface area contributed by atoms with Crippen LogP contribution in [0.4, 0.5) is 15.9 Å². The maximum absolute atomic E-state index is 13.9. The van der Waals surface area contributed by atoms with Crippen molar-refractivity contribution in [3.8, 4) is 11.3 Å². The van der Waals surface area contributed by atoms with Crippen LogP contribution in [0, 0.1) is 12.7 Å². The standard InChI is InChI=1S/C24H20FN5O2/c1-15-18(7-5-13-26-15)23(31)27-17-11-9-16(10-12-17)21-14-22(30(2)29-21)28-24(32)19-6-3-4-8-20(19)25/h3-14H,1-2H3,(H,27,31)(H,28,32). The number of hydrogen-bond acceptors (Lipinski definition) is 4. The third-order valence-corrected chi connectivity index (χ3v) is 4.93. The summed E-state index contributed by atoms with van der Waals surface area (Å²) in [6.45, 7) is 1.78. The summed E-state index contributed by atoms with van der Waals surface area (Å²) in [5.41, 5.74) is 3.17. The molecule has 0 aliphatic rings. The third kappa shape index (κ3) is 4.39. The summed E-state index contributed by atoms with van der Waals surface area (Å²) in [6.07, 6.45) is 1.64. The van der Waals surface area contributed by atoms with Gasteiger partial charge in [-0.2, -0.15) is 5.10 Å². The van der Waals surface area contributed by atoms with Crippen LogP contribution in [0.15, 0.2) is 72.9 Å². The van der Waals surface area contributed by atoms with Gasteiger partial charge in [-0.25, -0.2) is 4.39 Å². The number of amides is 2. The summed E-state index contributed by atoms with van der Waals surface area (Å²) in [6, 6.07) is 18.1. The number of aromatic nitrogens is 3. The Bertz CT molecular complexity index is 1300. The van der Waals surface area contributed by atoms with Gasteiger partial charge in [0.1, 0.15) is 11.6 Å². The molecular formula is C24H20FN5O2. The number of pyridine rings is 1. The molecule has 2 aromatic heterocycles.